The highest BCUT2D eigenvalue weighted by Crippen LogP contribution is 2.27. The molecule has 2 rings (SSSR count). The van der Waals surface area contributed by atoms with Crippen LogP contribution in [0.3, 0.4) is 0 Å². The fraction of sp³-hybridized carbons (Fsp3) is 0.312. The highest BCUT2D eigenvalue weighted by atomic mass is 35.5. The Morgan fingerprint density at radius 2 is 1.85 bits per heavy atom. The summed E-state index contributed by atoms with van der Waals surface area (Å²) in [4.78, 5) is 35.7. The van der Waals surface area contributed by atoms with Gasteiger partial charge in [0.15, 0.2) is 0 Å². The van der Waals surface area contributed by atoms with Gasteiger partial charge in [0.25, 0.3) is 5.56 Å². The van der Waals surface area contributed by atoms with Crippen LogP contribution in [-0.4, -0.2) is 20.3 Å². The fourth-order valence-corrected chi connectivity index (χ4v) is 2.69. The number of alkyl halides is 4. The van der Waals surface area contributed by atoms with Crippen LogP contribution in [0.1, 0.15) is 18.2 Å². The summed E-state index contributed by atoms with van der Waals surface area (Å²) in [5.41, 5.74) is -3.24. The summed E-state index contributed by atoms with van der Waals surface area (Å²) in [5.74, 6) is -0.296. The molecule has 1 atom stereocenters. The molecule has 1 heterocycles. The quantitative estimate of drug-likeness (QED) is 0.730. The largest absolute Gasteiger partial charge is 0.431 e. The molecule has 10 heteroatoms. The van der Waals surface area contributed by atoms with Gasteiger partial charge in [-0.1, -0.05) is 11.6 Å². The third-order valence-corrected chi connectivity index (χ3v) is 4.57. The van der Waals surface area contributed by atoms with Crippen LogP contribution in [-0.2, 0) is 24.4 Å². The number of rotatable bonds is 4. The number of benzene rings is 1. The van der Waals surface area contributed by atoms with Crippen LogP contribution in [0.5, 0.6) is 0 Å². The average molecular weight is 409 g/mol. The first-order valence-electron chi connectivity index (χ1n) is 7.27. The average Bonchev–Trinajstić information content (AvgIpc) is 2.52. The van der Waals surface area contributed by atoms with Crippen molar-refractivity contribution in [2.75, 3.05) is 0 Å². The van der Waals surface area contributed by atoms with Gasteiger partial charge < -0.3 is 0 Å². The number of aromatic nitrogens is 2. The zero-order valence-electron chi connectivity index (χ0n) is 13.6. The zero-order valence-corrected chi connectivity index (χ0v) is 15.1. The SMILES string of the molecule is CC(=O)C(Cl)Cc1cc(-n2c(=O)cc(C(F)(F)F)n(C)c2=O)ccc1Cl. The lowest BCUT2D eigenvalue weighted by Crippen LogP contribution is -2.40. The standard InChI is InChI=1S/C16H13Cl2F3N2O3/c1-8(24)12(18)6-9-5-10(3-4-11(9)17)23-14(25)7-13(16(19,20)21)22(2)15(23)26/h3-5,7,12H,6H2,1-2H3. The predicted molar refractivity (Wildman–Crippen MR) is 91.3 cm³/mol. The van der Waals surface area contributed by atoms with Gasteiger partial charge in [-0.05, 0) is 37.1 Å². The summed E-state index contributed by atoms with van der Waals surface area (Å²) >= 11 is 12.0. The van der Waals surface area contributed by atoms with Crippen molar-refractivity contribution in [2.45, 2.75) is 24.9 Å². The van der Waals surface area contributed by atoms with E-state index in [0.717, 1.165) is 7.05 Å². The molecular weight excluding hydrogens is 396 g/mol. The van der Waals surface area contributed by atoms with E-state index in [-0.39, 0.29) is 22.9 Å². The molecule has 140 valence electrons. The predicted octanol–water partition coefficient (Wildman–Crippen LogP) is 2.95. The van der Waals surface area contributed by atoms with Crippen molar-refractivity contribution in [3.63, 3.8) is 0 Å². The minimum atomic E-state index is -4.84. The summed E-state index contributed by atoms with van der Waals surface area (Å²) in [6.45, 7) is 1.30. The van der Waals surface area contributed by atoms with Crippen LogP contribution in [0.2, 0.25) is 5.02 Å². The van der Waals surface area contributed by atoms with E-state index in [1.54, 1.807) is 0 Å². The smallest absolute Gasteiger partial charge is 0.298 e. The first kappa shape index (κ1) is 20.3. The lowest BCUT2D eigenvalue weighted by molar-refractivity contribution is -0.144. The lowest BCUT2D eigenvalue weighted by Gasteiger charge is -2.15. The van der Waals surface area contributed by atoms with Crippen molar-refractivity contribution < 1.29 is 18.0 Å². The normalized spacial score (nSPS) is 12.9. The van der Waals surface area contributed by atoms with Gasteiger partial charge in [-0.2, -0.15) is 13.2 Å². The van der Waals surface area contributed by atoms with Gasteiger partial charge in [0.05, 0.1) is 11.1 Å². The van der Waals surface area contributed by atoms with Crippen LogP contribution >= 0.6 is 23.2 Å². The van der Waals surface area contributed by atoms with Gasteiger partial charge >= 0.3 is 11.9 Å². The van der Waals surface area contributed by atoms with Gasteiger partial charge in [-0.15, -0.1) is 11.6 Å². The second kappa shape index (κ2) is 7.28. The molecule has 0 spiro atoms. The molecule has 1 aromatic heterocycles. The van der Waals surface area contributed by atoms with Crippen molar-refractivity contribution in [3.8, 4) is 5.69 Å². The molecule has 1 unspecified atom stereocenters. The molecule has 0 saturated heterocycles. The molecule has 0 bridgehead atoms. The zero-order chi connectivity index (χ0) is 19.8. The van der Waals surface area contributed by atoms with E-state index in [1.165, 1.54) is 25.1 Å². The Morgan fingerprint density at radius 3 is 2.38 bits per heavy atom. The Bertz CT molecular complexity index is 980. The van der Waals surface area contributed by atoms with E-state index >= 15 is 0 Å². The number of carbonyl (C=O) groups excluding carboxylic acids is 1. The third kappa shape index (κ3) is 4.02. The maximum atomic E-state index is 12.9. The molecule has 26 heavy (non-hydrogen) atoms. The summed E-state index contributed by atoms with van der Waals surface area (Å²) in [6.07, 6.45) is -4.80. The van der Waals surface area contributed by atoms with Gasteiger partial charge in [-0.25, -0.2) is 9.36 Å². The number of carbonyl (C=O) groups is 1. The molecule has 0 aliphatic heterocycles. The fourth-order valence-electron chi connectivity index (χ4n) is 2.33. The highest BCUT2D eigenvalue weighted by Gasteiger charge is 2.35. The summed E-state index contributed by atoms with van der Waals surface area (Å²) in [6, 6.07) is 4.38. The second-order valence-electron chi connectivity index (χ2n) is 5.60. The molecule has 0 aliphatic rings. The molecule has 0 radical (unpaired) electrons. The van der Waals surface area contributed by atoms with E-state index in [2.05, 4.69) is 0 Å². The topological polar surface area (TPSA) is 61.1 Å². The van der Waals surface area contributed by atoms with Crippen LogP contribution in [0, 0.1) is 0 Å². The molecule has 2 aromatic rings. The van der Waals surface area contributed by atoms with Crippen LogP contribution in [0.25, 0.3) is 5.69 Å². The second-order valence-corrected chi connectivity index (χ2v) is 6.53. The summed E-state index contributed by atoms with van der Waals surface area (Å²) in [7, 11) is 0.919. The minimum Gasteiger partial charge on any atom is -0.298 e. The molecule has 0 aliphatic carbocycles. The molecule has 0 amide bonds. The Morgan fingerprint density at radius 1 is 1.23 bits per heavy atom. The number of ketones is 1. The Balaban J connectivity index is 2.63. The van der Waals surface area contributed by atoms with Gasteiger partial charge in [0, 0.05) is 18.1 Å². The van der Waals surface area contributed by atoms with Crippen molar-refractivity contribution in [1.82, 2.24) is 9.13 Å². The molecular formula is C16H13Cl2F3N2O3. The molecule has 5 nitrogen and oxygen atoms in total. The third-order valence-electron chi connectivity index (χ3n) is 3.74. The number of hydrogen-bond acceptors (Lipinski definition) is 3. The van der Waals surface area contributed by atoms with Crippen molar-refractivity contribution >= 4 is 29.0 Å². The van der Waals surface area contributed by atoms with Gasteiger partial charge in [0.1, 0.15) is 11.5 Å². The van der Waals surface area contributed by atoms with Crippen molar-refractivity contribution in [3.05, 3.63) is 61.4 Å². The van der Waals surface area contributed by atoms with Crippen LogP contribution in [0.15, 0.2) is 33.9 Å². The summed E-state index contributed by atoms with van der Waals surface area (Å²) < 4.78 is 39.7. The molecule has 1 aromatic carbocycles. The van der Waals surface area contributed by atoms with E-state index in [0.29, 0.717) is 20.8 Å². The molecule has 0 fully saturated rings. The molecule has 0 saturated carbocycles. The van der Waals surface area contributed by atoms with Crippen LogP contribution in [0.4, 0.5) is 13.2 Å². The number of nitrogens with zero attached hydrogens (tertiary/aromatic N) is 2. The Kier molecular flexibility index (Phi) is 5.67. The van der Waals surface area contributed by atoms with E-state index in [1.807, 2.05) is 0 Å². The Labute approximate surface area is 155 Å². The van der Waals surface area contributed by atoms with Gasteiger partial charge in [0.2, 0.25) is 0 Å². The maximum absolute atomic E-state index is 12.9. The lowest BCUT2D eigenvalue weighted by atomic mass is 10.1. The van der Waals surface area contributed by atoms with E-state index in [9.17, 15) is 27.6 Å². The summed E-state index contributed by atoms with van der Waals surface area (Å²) in [5, 5.41) is -0.618. The molecule has 0 N–H and O–H groups in total. The first-order valence-corrected chi connectivity index (χ1v) is 8.08. The van der Waals surface area contributed by atoms with E-state index in [4.69, 9.17) is 23.2 Å². The number of Topliss-reactive ketones (excluding diaryl/α,β-unsaturated/α-hetero) is 1. The number of hydrogen-bond donors (Lipinski definition) is 0. The van der Waals surface area contributed by atoms with Gasteiger partial charge in [-0.3, -0.25) is 14.2 Å². The van der Waals surface area contributed by atoms with Crippen molar-refractivity contribution in [1.29, 1.82) is 0 Å². The highest BCUT2D eigenvalue weighted by molar-refractivity contribution is 6.32. The van der Waals surface area contributed by atoms with Crippen molar-refractivity contribution in [2.24, 2.45) is 7.05 Å². The number of halogens is 5. The monoisotopic (exact) mass is 408 g/mol. The maximum Gasteiger partial charge on any atom is 0.431 e. The van der Waals surface area contributed by atoms with E-state index < -0.39 is 28.5 Å². The first-order chi connectivity index (χ1) is 11.9. The Hall–Kier alpha value is -2.06. The van der Waals surface area contributed by atoms with Crippen LogP contribution < -0.4 is 11.2 Å². The minimum absolute atomic E-state index is 0.0242.